The van der Waals surface area contributed by atoms with Gasteiger partial charge in [-0.3, -0.25) is 10.1 Å². The first-order valence-corrected chi connectivity index (χ1v) is 9.69. The molecule has 2 fully saturated rings. The highest BCUT2D eigenvalue weighted by atomic mass is 32.2. The Morgan fingerprint density at radius 2 is 2.04 bits per heavy atom. The number of fused-ring (bicyclic) bond motifs is 1. The summed E-state index contributed by atoms with van der Waals surface area (Å²) in [7, 11) is -3.20. The molecule has 1 aromatic carbocycles. The van der Waals surface area contributed by atoms with Crippen molar-refractivity contribution in [2.24, 2.45) is 11.3 Å². The van der Waals surface area contributed by atoms with Crippen LogP contribution in [0.1, 0.15) is 20.3 Å². The van der Waals surface area contributed by atoms with Gasteiger partial charge in [-0.05, 0) is 18.6 Å². The summed E-state index contributed by atoms with van der Waals surface area (Å²) in [6.07, 6.45) is 0.918. The van der Waals surface area contributed by atoms with E-state index >= 15 is 0 Å². The molecule has 0 aromatic heterocycles. The second kappa shape index (κ2) is 6.12. The van der Waals surface area contributed by atoms with E-state index in [0.717, 1.165) is 12.5 Å². The minimum absolute atomic E-state index is 0.0359. The Labute approximate surface area is 150 Å². The van der Waals surface area contributed by atoms with Crippen molar-refractivity contribution in [2.75, 3.05) is 18.6 Å². The second-order valence-electron chi connectivity index (χ2n) is 7.33. The number of alkyl halides is 2. The van der Waals surface area contributed by atoms with Crippen LogP contribution in [0.25, 0.3) is 0 Å². The summed E-state index contributed by atoms with van der Waals surface area (Å²) in [6, 6.07) is 2.90. The lowest BCUT2D eigenvalue weighted by atomic mass is 9.56. The third-order valence-electron chi connectivity index (χ3n) is 5.54. The Kier molecular flexibility index (Phi) is 4.47. The predicted molar refractivity (Wildman–Crippen MR) is 90.1 cm³/mol. The molecule has 10 heteroatoms. The molecule has 1 aliphatic heterocycles. The average molecular weight is 390 g/mol. The molecule has 1 heterocycles. The Morgan fingerprint density at radius 3 is 2.62 bits per heavy atom. The van der Waals surface area contributed by atoms with Crippen LogP contribution in [0.15, 0.2) is 23.1 Å². The van der Waals surface area contributed by atoms with Gasteiger partial charge in [0.15, 0.2) is 0 Å². The van der Waals surface area contributed by atoms with Gasteiger partial charge in [-0.2, -0.15) is 8.78 Å². The highest BCUT2D eigenvalue weighted by molar-refractivity contribution is 7.91. The van der Waals surface area contributed by atoms with Gasteiger partial charge < -0.3 is 9.64 Å². The summed E-state index contributed by atoms with van der Waals surface area (Å²) in [5, 5.41) is 11.5. The molecule has 1 aliphatic carbocycles. The summed E-state index contributed by atoms with van der Waals surface area (Å²) in [5.74, 6) is -3.41. The Balaban J connectivity index is 2.01. The van der Waals surface area contributed by atoms with Gasteiger partial charge in [-0.25, -0.2) is 8.42 Å². The largest absolute Gasteiger partial charge is 0.377 e. The predicted octanol–water partition coefficient (Wildman–Crippen LogP) is 2.84. The zero-order chi connectivity index (χ0) is 19.4. The van der Waals surface area contributed by atoms with Crippen molar-refractivity contribution in [1.82, 2.24) is 0 Å². The second-order valence-corrected chi connectivity index (χ2v) is 9.25. The van der Waals surface area contributed by atoms with E-state index < -0.39 is 31.1 Å². The van der Waals surface area contributed by atoms with E-state index in [1.54, 1.807) is 11.9 Å². The number of nitro groups is 1. The number of benzene rings is 1. The fourth-order valence-corrected chi connectivity index (χ4v) is 5.20. The lowest BCUT2D eigenvalue weighted by molar-refractivity contribution is -0.384. The molecule has 7 nitrogen and oxygen atoms in total. The van der Waals surface area contributed by atoms with E-state index in [9.17, 15) is 27.3 Å². The monoisotopic (exact) mass is 390 g/mol. The molecule has 0 amide bonds. The number of sulfone groups is 1. The van der Waals surface area contributed by atoms with Crippen molar-refractivity contribution >= 4 is 21.2 Å². The quantitative estimate of drug-likeness (QED) is 0.567. The minimum Gasteiger partial charge on any atom is -0.377 e. The van der Waals surface area contributed by atoms with Crippen molar-refractivity contribution in [3.63, 3.8) is 0 Å². The van der Waals surface area contributed by atoms with Crippen LogP contribution in [0.3, 0.4) is 0 Å². The van der Waals surface area contributed by atoms with Crippen LogP contribution in [0.5, 0.6) is 0 Å². The first kappa shape index (κ1) is 19.0. The molecule has 0 bridgehead atoms. The zero-order valence-corrected chi connectivity index (χ0v) is 15.4. The van der Waals surface area contributed by atoms with E-state index in [4.69, 9.17) is 4.74 Å². The Bertz CT molecular complexity index is 843. The molecule has 2 aliphatic rings. The number of nitro benzene ring substituents is 1. The molecule has 3 atom stereocenters. The number of anilines is 1. The number of hydrogen-bond acceptors (Lipinski definition) is 6. The fraction of sp³-hybridized carbons (Fsp3) is 0.625. The van der Waals surface area contributed by atoms with Gasteiger partial charge in [0, 0.05) is 37.1 Å². The summed E-state index contributed by atoms with van der Waals surface area (Å²) in [4.78, 5) is 11.7. The molecule has 26 heavy (non-hydrogen) atoms. The van der Waals surface area contributed by atoms with Gasteiger partial charge in [0.05, 0.1) is 15.9 Å². The van der Waals surface area contributed by atoms with Gasteiger partial charge in [0.1, 0.15) is 5.69 Å². The highest BCUT2D eigenvalue weighted by Gasteiger charge is 2.61. The van der Waals surface area contributed by atoms with Crippen LogP contribution >= 0.6 is 0 Å². The van der Waals surface area contributed by atoms with Gasteiger partial charge in [-0.1, -0.05) is 13.8 Å². The van der Waals surface area contributed by atoms with Crippen molar-refractivity contribution in [2.45, 2.75) is 43.1 Å². The lowest BCUT2D eigenvalue weighted by Gasteiger charge is -2.58. The van der Waals surface area contributed by atoms with Gasteiger partial charge >= 0.3 is 5.76 Å². The molecule has 3 rings (SSSR count). The molecule has 0 N–H and O–H groups in total. The van der Waals surface area contributed by atoms with Crippen molar-refractivity contribution in [3.05, 3.63) is 28.3 Å². The highest BCUT2D eigenvalue weighted by Crippen LogP contribution is 2.55. The van der Waals surface area contributed by atoms with Gasteiger partial charge in [0.2, 0.25) is 9.84 Å². The molecule has 0 radical (unpaired) electrons. The number of nitrogens with zero attached hydrogens (tertiary/aromatic N) is 2. The summed E-state index contributed by atoms with van der Waals surface area (Å²) in [6.45, 7) is 4.67. The molecule has 0 spiro atoms. The number of rotatable bonds is 5. The van der Waals surface area contributed by atoms with Crippen molar-refractivity contribution in [3.8, 4) is 0 Å². The van der Waals surface area contributed by atoms with E-state index in [1.807, 2.05) is 13.8 Å². The summed E-state index contributed by atoms with van der Waals surface area (Å²) >= 11 is 0. The number of halogens is 2. The van der Waals surface area contributed by atoms with Crippen LogP contribution in [0.4, 0.5) is 20.2 Å². The van der Waals surface area contributed by atoms with Crippen LogP contribution in [0, 0.1) is 21.4 Å². The van der Waals surface area contributed by atoms with Crippen LogP contribution in [0.2, 0.25) is 0 Å². The maximum atomic E-state index is 12.7. The first-order valence-electron chi connectivity index (χ1n) is 8.14. The average Bonchev–Trinajstić information content (AvgIpc) is 3.00. The molecule has 0 unspecified atom stereocenters. The molecule has 1 aromatic rings. The van der Waals surface area contributed by atoms with E-state index in [2.05, 4.69) is 0 Å². The third-order valence-corrected chi connectivity index (χ3v) is 6.92. The number of hydrogen-bond donors (Lipinski definition) is 0. The van der Waals surface area contributed by atoms with E-state index in [1.165, 1.54) is 6.07 Å². The standard InChI is InChI=1S/C16H20F2N2O5S/c1-16(2)13(10-6-7-25-14(10)16)19(3)11-5-4-9(8-12(11)20(21)22)26(23,24)15(17)18/h4-5,8,10,13-15H,6-7H2,1-3H3/t10-,13+,14-/m0/s1. The smallest absolute Gasteiger partial charge is 0.341 e. The summed E-state index contributed by atoms with van der Waals surface area (Å²) in [5.41, 5.74) is -0.545. The fourth-order valence-electron chi connectivity index (χ4n) is 4.46. The third kappa shape index (κ3) is 2.66. The normalized spacial score (nSPS) is 27.1. The molecular weight excluding hydrogens is 370 g/mol. The zero-order valence-electron chi connectivity index (χ0n) is 14.6. The maximum absolute atomic E-state index is 12.7. The van der Waals surface area contributed by atoms with Gasteiger partial charge in [0.25, 0.3) is 5.69 Å². The Morgan fingerprint density at radius 1 is 1.38 bits per heavy atom. The minimum atomic E-state index is -4.90. The SMILES string of the molecule is CN(c1ccc(S(=O)(=O)C(F)F)cc1[N+](=O)[O-])[C@@H]1[C@@H]2CCO[C@@H]2C1(C)C. The van der Waals surface area contributed by atoms with E-state index in [0.29, 0.717) is 12.7 Å². The van der Waals surface area contributed by atoms with Crippen molar-refractivity contribution in [1.29, 1.82) is 0 Å². The molecular formula is C16H20F2N2O5S. The molecule has 144 valence electrons. The van der Waals surface area contributed by atoms with Crippen LogP contribution in [-0.4, -0.2) is 44.9 Å². The van der Waals surface area contributed by atoms with Crippen LogP contribution in [-0.2, 0) is 14.6 Å². The van der Waals surface area contributed by atoms with Crippen LogP contribution < -0.4 is 4.90 Å². The maximum Gasteiger partial charge on any atom is 0.341 e. The topological polar surface area (TPSA) is 89.8 Å². The summed E-state index contributed by atoms with van der Waals surface area (Å²) < 4.78 is 54.5. The van der Waals surface area contributed by atoms with E-state index in [-0.39, 0.29) is 29.2 Å². The van der Waals surface area contributed by atoms with Gasteiger partial charge in [-0.15, -0.1) is 0 Å². The lowest BCUT2D eigenvalue weighted by Crippen LogP contribution is -2.66. The Hall–Kier alpha value is -1.81. The first-order chi connectivity index (χ1) is 12.0. The number of ether oxygens (including phenoxy) is 1. The van der Waals surface area contributed by atoms with Crippen molar-refractivity contribution < 1.29 is 26.9 Å². The molecule has 1 saturated heterocycles. The molecule has 1 saturated carbocycles.